The predicted octanol–water partition coefficient (Wildman–Crippen LogP) is 7.09. The zero-order chi connectivity index (χ0) is 31.1. The van der Waals surface area contributed by atoms with E-state index in [0.29, 0.717) is 5.75 Å². The van der Waals surface area contributed by atoms with Crippen LogP contribution in [-0.2, 0) is 34.2 Å². The fraction of sp³-hybridized carbons (Fsp3) is 0.324. The maximum atomic E-state index is 14.2. The van der Waals surface area contributed by atoms with E-state index in [0.717, 1.165) is 60.8 Å². The maximum Gasteiger partial charge on any atom is 0.244 e. The van der Waals surface area contributed by atoms with Crippen LogP contribution in [0.25, 0.3) is 0 Å². The molecule has 6 nitrogen and oxygen atoms in total. The normalized spacial score (nSPS) is 14.9. The summed E-state index contributed by atoms with van der Waals surface area (Å²) in [6.07, 6.45) is 5.31. The topological polar surface area (TPSA) is 75.7 Å². The Morgan fingerprint density at radius 2 is 1.43 bits per heavy atom. The molecule has 0 aromatic heterocycles. The molecule has 1 aliphatic rings. The molecule has 0 spiro atoms. The number of nitrogens with zero attached hydrogens (tertiary/aromatic N) is 1. The summed E-state index contributed by atoms with van der Waals surface area (Å²) < 4.78 is 35.2. The van der Waals surface area contributed by atoms with Crippen LogP contribution in [0.2, 0.25) is 0 Å². The Kier molecular flexibility index (Phi) is 10.2. The second kappa shape index (κ2) is 14.2. The minimum Gasteiger partial charge on any atom is -0.496 e. The molecule has 230 valence electrons. The van der Waals surface area contributed by atoms with Crippen molar-refractivity contribution in [3.63, 3.8) is 0 Å². The number of carbonyl (C=O) groups is 1. The van der Waals surface area contributed by atoms with Crippen molar-refractivity contribution in [2.45, 2.75) is 75.9 Å². The van der Waals surface area contributed by atoms with E-state index in [1.165, 1.54) is 22.5 Å². The molecule has 4 aromatic rings. The highest BCUT2D eigenvalue weighted by Crippen LogP contribution is 2.39. The molecule has 5 rings (SSSR count). The number of hydrogen-bond donors (Lipinski definition) is 1. The van der Waals surface area contributed by atoms with Gasteiger partial charge in [-0.15, -0.1) is 0 Å². The Hall–Kier alpha value is -3.94. The number of benzene rings is 4. The van der Waals surface area contributed by atoms with Crippen LogP contribution in [0.4, 0.5) is 0 Å². The molecule has 0 radical (unpaired) electrons. The fourth-order valence-corrected chi connectivity index (χ4v) is 7.76. The Bertz CT molecular complexity index is 1630. The van der Waals surface area contributed by atoms with Crippen LogP contribution < -0.4 is 10.1 Å². The summed E-state index contributed by atoms with van der Waals surface area (Å²) in [7, 11) is -2.48. The summed E-state index contributed by atoms with van der Waals surface area (Å²) in [5.41, 5.74) is 5.82. The monoisotopic (exact) mass is 610 g/mol. The van der Waals surface area contributed by atoms with Gasteiger partial charge in [-0.05, 0) is 91.8 Å². The van der Waals surface area contributed by atoms with Gasteiger partial charge in [0.25, 0.3) is 0 Å². The first kappa shape index (κ1) is 31.5. The van der Waals surface area contributed by atoms with Gasteiger partial charge in [-0.3, -0.25) is 4.79 Å². The Balaban J connectivity index is 1.38. The van der Waals surface area contributed by atoms with Crippen molar-refractivity contribution in [2.24, 2.45) is 0 Å². The number of rotatable bonds is 13. The number of aryl methyl sites for hydroxylation is 3. The maximum absolute atomic E-state index is 14.2. The van der Waals surface area contributed by atoms with Crippen molar-refractivity contribution in [3.05, 3.63) is 130 Å². The minimum atomic E-state index is -4.02. The van der Waals surface area contributed by atoms with Crippen molar-refractivity contribution in [1.82, 2.24) is 9.62 Å². The molecule has 1 amide bonds. The van der Waals surface area contributed by atoms with E-state index in [1.807, 2.05) is 74.5 Å². The smallest absolute Gasteiger partial charge is 0.244 e. The van der Waals surface area contributed by atoms with Gasteiger partial charge in [0, 0.05) is 18.7 Å². The standard InChI is InChI=1S/C37H42N2O4S/c1-27-24-33(25-35(43-3)28(27)2)44(41,42)39-26-31-20-10-11-23-34(31)36(39)37(40)38-32(21-12-18-29-14-6-4-7-15-29)22-13-19-30-16-8-5-9-17-30/h4-11,14-17,20,23-25,32,36H,12-13,18-19,21-22,26H2,1-3H3,(H,38,40)/t36-/m0/s1. The third-order valence-electron chi connectivity index (χ3n) is 8.70. The summed E-state index contributed by atoms with van der Waals surface area (Å²) in [4.78, 5) is 14.3. The molecule has 0 fully saturated rings. The quantitative estimate of drug-likeness (QED) is 0.175. The van der Waals surface area contributed by atoms with Crippen LogP contribution in [0, 0.1) is 13.8 Å². The third-order valence-corrected chi connectivity index (χ3v) is 10.5. The van der Waals surface area contributed by atoms with E-state index < -0.39 is 16.1 Å². The van der Waals surface area contributed by atoms with Crippen LogP contribution in [0.3, 0.4) is 0 Å². The van der Waals surface area contributed by atoms with E-state index in [-0.39, 0.29) is 23.4 Å². The average Bonchev–Trinajstić information content (AvgIpc) is 3.44. The molecule has 44 heavy (non-hydrogen) atoms. The lowest BCUT2D eigenvalue weighted by Crippen LogP contribution is -2.44. The molecule has 1 aliphatic heterocycles. The summed E-state index contributed by atoms with van der Waals surface area (Å²) in [6, 6.07) is 30.5. The van der Waals surface area contributed by atoms with Gasteiger partial charge in [0.15, 0.2) is 0 Å². The van der Waals surface area contributed by atoms with Crippen molar-refractivity contribution in [1.29, 1.82) is 0 Å². The van der Waals surface area contributed by atoms with Crippen LogP contribution in [0.5, 0.6) is 5.75 Å². The third kappa shape index (κ3) is 7.22. The van der Waals surface area contributed by atoms with E-state index >= 15 is 0 Å². The highest BCUT2D eigenvalue weighted by molar-refractivity contribution is 7.89. The summed E-state index contributed by atoms with van der Waals surface area (Å²) in [5, 5.41) is 3.30. The number of sulfonamides is 1. The van der Waals surface area contributed by atoms with Gasteiger partial charge in [-0.2, -0.15) is 4.31 Å². The number of hydrogen-bond acceptors (Lipinski definition) is 4. The van der Waals surface area contributed by atoms with Crippen molar-refractivity contribution < 1.29 is 17.9 Å². The Morgan fingerprint density at radius 3 is 2.02 bits per heavy atom. The molecule has 0 aliphatic carbocycles. The summed E-state index contributed by atoms with van der Waals surface area (Å²) >= 11 is 0. The molecule has 0 bridgehead atoms. The second-order valence-electron chi connectivity index (χ2n) is 11.7. The zero-order valence-corrected chi connectivity index (χ0v) is 26.6. The van der Waals surface area contributed by atoms with Gasteiger partial charge < -0.3 is 10.1 Å². The molecule has 0 unspecified atom stereocenters. The van der Waals surface area contributed by atoms with Gasteiger partial charge in [0.05, 0.1) is 12.0 Å². The average molecular weight is 611 g/mol. The zero-order valence-electron chi connectivity index (χ0n) is 25.8. The van der Waals surface area contributed by atoms with Gasteiger partial charge in [0.2, 0.25) is 15.9 Å². The van der Waals surface area contributed by atoms with Crippen LogP contribution in [0.15, 0.2) is 102 Å². The number of methoxy groups -OCH3 is 1. The van der Waals surface area contributed by atoms with Crippen LogP contribution in [-0.4, -0.2) is 31.8 Å². The van der Waals surface area contributed by atoms with E-state index in [9.17, 15) is 13.2 Å². The first-order valence-corrected chi connectivity index (χ1v) is 16.8. The molecule has 1 heterocycles. The SMILES string of the molecule is COc1cc(S(=O)(=O)N2Cc3ccccc3[C@H]2C(=O)NC(CCCc2ccccc2)CCCc2ccccc2)cc(C)c1C. The minimum absolute atomic E-state index is 0.0750. The fourth-order valence-electron chi connectivity index (χ4n) is 6.11. The Labute approximate surface area is 262 Å². The number of fused-ring (bicyclic) bond motifs is 1. The first-order chi connectivity index (χ1) is 21.3. The van der Waals surface area contributed by atoms with Crippen molar-refractivity contribution in [2.75, 3.05) is 7.11 Å². The number of carbonyl (C=O) groups excluding carboxylic acids is 1. The highest BCUT2D eigenvalue weighted by atomic mass is 32.2. The summed E-state index contributed by atoms with van der Waals surface area (Å²) in [5.74, 6) is 0.233. The van der Waals surface area contributed by atoms with Crippen LogP contribution in [0.1, 0.15) is 65.1 Å². The molecular weight excluding hydrogens is 568 g/mol. The van der Waals surface area contributed by atoms with E-state index in [2.05, 4.69) is 29.6 Å². The molecular formula is C37H42N2O4S. The lowest BCUT2D eigenvalue weighted by Gasteiger charge is -2.27. The predicted molar refractivity (Wildman–Crippen MR) is 175 cm³/mol. The first-order valence-electron chi connectivity index (χ1n) is 15.4. The van der Waals surface area contributed by atoms with Gasteiger partial charge in [-0.1, -0.05) is 84.9 Å². The lowest BCUT2D eigenvalue weighted by atomic mass is 9.98. The second-order valence-corrected chi connectivity index (χ2v) is 13.6. The van der Waals surface area contributed by atoms with Gasteiger partial charge >= 0.3 is 0 Å². The summed E-state index contributed by atoms with van der Waals surface area (Å²) in [6.45, 7) is 3.91. The van der Waals surface area contributed by atoms with Gasteiger partial charge in [-0.25, -0.2) is 8.42 Å². The molecule has 4 aromatic carbocycles. The van der Waals surface area contributed by atoms with Crippen molar-refractivity contribution >= 4 is 15.9 Å². The molecule has 7 heteroatoms. The van der Waals surface area contributed by atoms with E-state index in [4.69, 9.17) is 4.74 Å². The van der Waals surface area contributed by atoms with Crippen LogP contribution >= 0.6 is 0 Å². The molecule has 1 atom stereocenters. The van der Waals surface area contributed by atoms with Gasteiger partial charge in [0.1, 0.15) is 11.8 Å². The van der Waals surface area contributed by atoms with E-state index in [1.54, 1.807) is 12.1 Å². The Morgan fingerprint density at radius 1 is 0.864 bits per heavy atom. The number of amides is 1. The lowest BCUT2D eigenvalue weighted by molar-refractivity contribution is -0.125. The molecule has 0 saturated carbocycles. The molecule has 1 N–H and O–H groups in total. The highest BCUT2D eigenvalue weighted by Gasteiger charge is 2.43. The molecule has 0 saturated heterocycles. The number of ether oxygens (including phenoxy) is 1. The number of nitrogens with one attached hydrogen (secondary N) is 1. The van der Waals surface area contributed by atoms with Crippen molar-refractivity contribution in [3.8, 4) is 5.75 Å². The largest absolute Gasteiger partial charge is 0.496 e.